The largest absolute Gasteiger partial charge is 0.456 e. The van der Waals surface area contributed by atoms with Gasteiger partial charge in [0.15, 0.2) is 12.4 Å². The number of ether oxygens (including phenoxy) is 1. The van der Waals surface area contributed by atoms with Crippen molar-refractivity contribution in [3.63, 3.8) is 0 Å². The maximum absolute atomic E-state index is 11.7. The fourth-order valence-corrected chi connectivity index (χ4v) is 2.18. The van der Waals surface area contributed by atoms with E-state index in [1.54, 1.807) is 0 Å². The van der Waals surface area contributed by atoms with Crippen LogP contribution in [0.15, 0.2) is 6.33 Å². The quantitative estimate of drug-likeness (QED) is 0.751. The zero-order chi connectivity index (χ0) is 13.9. The zero-order valence-electron chi connectivity index (χ0n) is 10.9. The summed E-state index contributed by atoms with van der Waals surface area (Å²) in [7, 11) is 0. The average Bonchev–Trinajstić information content (AvgIpc) is 3.03. The molecule has 3 rings (SSSR count). The molecule has 0 atom stereocenters. The number of aromatic nitrogens is 6. The van der Waals surface area contributed by atoms with Gasteiger partial charge in [0.1, 0.15) is 18.7 Å². The van der Waals surface area contributed by atoms with Crippen molar-refractivity contribution >= 4 is 11.9 Å². The van der Waals surface area contributed by atoms with E-state index in [1.165, 1.54) is 11.0 Å². The van der Waals surface area contributed by atoms with Crippen molar-refractivity contribution in [2.45, 2.75) is 39.0 Å². The van der Waals surface area contributed by atoms with E-state index in [0.29, 0.717) is 5.82 Å². The van der Waals surface area contributed by atoms with Gasteiger partial charge in [-0.25, -0.2) is 9.67 Å². The minimum Gasteiger partial charge on any atom is -0.456 e. The van der Waals surface area contributed by atoms with Crippen LogP contribution in [-0.4, -0.2) is 35.5 Å². The van der Waals surface area contributed by atoms with E-state index in [1.807, 2.05) is 4.57 Å². The lowest BCUT2D eigenvalue weighted by molar-refractivity contribution is -0.146. The topological polar surface area (TPSA) is 114 Å². The summed E-state index contributed by atoms with van der Waals surface area (Å²) in [6.45, 7) is 0.982. The Balaban J connectivity index is 1.56. The molecule has 1 aliphatic heterocycles. The molecule has 3 heterocycles. The van der Waals surface area contributed by atoms with E-state index in [-0.39, 0.29) is 19.1 Å². The van der Waals surface area contributed by atoms with Gasteiger partial charge in [-0.1, -0.05) is 0 Å². The van der Waals surface area contributed by atoms with Crippen LogP contribution in [0.1, 0.15) is 24.5 Å². The Morgan fingerprint density at radius 1 is 1.40 bits per heavy atom. The first-order valence-electron chi connectivity index (χ1n) is 6.44. The van der Waals surface area contributed by atoms with E-state index in [2.05, 4.69) is 20.3 Å². The maximum atomic E-state index is 11.7. The highest BCUT2D eigenvalue weighted by atomic mass is 16.5. The molecule has 106 valence electrons. The van der Waals surface area contributed by atoms with Crippen molar-refractivity contribution in [2.24, 2.45) is 0 Å². The van der Waals surface area contributed by atoms with E-state index >= 15 is 0 Å². The zero-order valence-corrected chi connectivity index (χ0v) is 10.9. The molecule has 1 aliphatic rings. The van der Waals surface area contributed by atoms with Gasteiger partial charge < -0.3 is 15.0 Å². The maximum Gasteiger partial charge on any atom is 0.328 e. The molecule has 0 radical (unpaired) electrons. The van der Waals surface area contributed by atoms with Crippen molar-refractivity contribution in [1.29, 1.82) is 0 Å². The first-order valence-corrected chi connectivity index (χ1v) is 6.44. The summed E-state index contributed by atoms with van der Waals surface area (Å²) in [5.74, 6) is 1.37. The molecule has 0 bridgehead atoms. The van der Waals surface area contributed by atoms with Crippen LogP contribution in [0.3, 0.4) is 0 Å². The van der Waals surface area contributed by atoms with Crippen LogP contribution in [-0.2, 0) is 35.6 Å². The molecule has 0 aliphatic carbocycles. The Bertz CT molecular complexity index is 618. The summed E-state index contributed by atoms with van der Waals surface area (Å²) in [6, 6.07) is 0. The Morgan fingerprint density at radius 2 is 2.30 bits per heavy atom. The Hall–Kier alpha value is -2.45. The molecule has 0 fully saturated rings. The number of nitrogens with two attached hydrogens (primary N) is 1. The molecule has 0 amide bonds. The third-order valence-corrected chi connectivity index (χ3v) is 3.14. The Morgan fingerprint density at radius 3 is 3.10 bits per heavy atom. The monoisotopic (exact) mass is 277 g/mol. The second-order valence-corrected chi connectivity index (χ2v) is 4.60. The van der Waals surface area contributed by atoms with Crippen LogP contribution in [0.2, 0.25) is 0 Å². The van der Waals surface area contributed by atoms with E-state index in [9.17, 15) is 4.79 Å². The highest BCUT2D eigenvalue weighted by Gasteiger charge is 2.17. The smallest absolute Gasteiger partial charge is 0.328 e. The standard InChI is InChI=1S/C11H15N7O2/c12-11-13-7-17(16-11)5-10(19)20-6-9-15-14-8-3-1-2-4-18(8)9/h7H,1-6H2,(H2,12,16). The number of nitrogens with zero attached hydrogens (tertiary/aromatic N) is 6. The highest BCUT2D eigenvalue weighted by Crippen LogP contribution is 2.14. The van der Waals surface area contributed by atoms with Gasteiger partial charge in [-0.2, -0.15) is 0 Å². The summed E-state index contributed by atoms with van der Waals surface area (Å²) in [5, 5.41) is 12.0. The first-order chi connectivity index (χ1) is 9.72. The third kappa shape index (κ3) is 2.60. The van der Waals surface area contributed by atoms with Gasteiger partial charge in [-0.15, -0.1) is 15.3 Å². The Labute approximate surface area is 114 Å². The van der Waals surface area contributed by atoms with Crippen LogP contribution < -0.4 is 5.73 Å². The number of anilines is 1. The second kappa shape index (κ2) is 5.27. The van der Waals surface area contributed by atoms with Crippen LogP contribution in [0.5, 0.6) is 0 Å². The number of carbonyl (C=O) groups excluding carboxylic acids is 1. The number of esters is 1. The molecule has 0 saturated heterocycles. The summed E-state index contributed by atoms with van der Waals surface area (Å²) < 4.78 is 8.52. The molecule has 0 saturated carbocycles. The molecule has 0 unspecified atom stereocenters. The normalized spacial score (nSPS) is 14.0. The molecule has 0 aromatic carbocycles. The molecule has 9 heteroatoms. The predicted octanol–water partition coefficient (Wildman–Crippen LogP) is -0.469. The summed E-state index contributed by atoms with van der Waals surface area (Å²) in [4.78, 5) is 15.4. The number of rotatable bonds is 4. The van der Waals surface area contributed by atoms with E-state index in [0.717, 1.165) is 31.6 Å². The van der Waals surface area contributed by atoms with Gasteiger partial charge in [-0.3, -0.25) is 4.79 Å². The first kappa shape index (κ1) is 12.6. The van der Waals surface area contributed by atoms with Gasteiger partial charge in [0, 0.05) is 13.0 Å². The number of fused-ring (bicyclic) bond motifs is 1. The number of aryl methyl sites for hydroxylation is 1. The van der Waals surface area contributed by atoms with Gasteiger partial charge in [0.05, 0.1) is 0 Å². The molecule has 9 nitrogen and oxygen atoms in total. The van der Waals surface area contributed by atoms with Crippen LogP contribution in [0.25, 0.3) is 0 Å². The van der Waals surface area contributed by atoms with Gasteiger partial charge in [-0.05, 0) is 12.8 Å². The van der Waals surface area contributed by atoms with Crippen LogP contribution >= 0.6 is 0 Å². The lowest BCUT2D eigenvalue weighted by Gasteiger charge is -2.14. The summed E-state index contributed by atoms with van der Waals surface area (Å²) in [5.41, 5.74) is 5.36. The molecule has 20 heavy (non-hydrogen) atoms. The number of hydrogen-bond acceptors (Lipinski definition) is 7. The lowest BCUT2D eigenvalue weighted by atomic mass is 10.2. The van der Waals surface area contributed by atoms with Crippen molar-refractivity contribution in [3.05, 3.63) is 18.0 Å². The SMILES string of the molecule is Nc1ncn(CC(=O)OCc2nnc3n2CCCC3)n1. The van der Waals surface area contributed by atoms with Gasteiger partial charge >= 0.3 is 5.97 Å². The molecule has 2 aromatic rings. The van der Waals surface area contributed by atoms with Crippen molar-refractivity contribution in [3.8, 4) is 0 Å². The molecular formula is C11H15N7O2. The van der Waals surface area contributed by atoms with E-state index < -0.39 is 5.97 Å². The van der Waals surface area contributed by atoms with Crippen LogP contribution in [0.4, 0.5) is 5.95 Å². The second-order valence-electron chi connectivity index (χ2n) is 4.60. The van der Waals surface area contributed by atoms with E-state index in [4.69, 9.17) is 10.5 Å². The van der Waals surface area contributed by atoms with Crippen molar-refractivity contribution in [2.75, 3.05) is 5.73 Å². The molecular weight excluding hydrogens is 262 g/mol. The summed E-state index contributed by atoms with van der Waals surface area (Å²) >= 11 is 0. The van der Waals surface area contributed by atoms with Crippen molar-refractivity contribution < 1.29 is 9.53 Å². The van der Waals surface area contributed by atoms with Crippen LogP contribution in [0, 0.1) is 0 Å². The fraction of sp³-hybridized carbons (Fsp3) is 0.545. The number of nitrogen functional groups attached to an aromatic ring is 1. The third-order valence-electron chi connectivity index (χ3n) is 3.14. The minimum atomic E-state index is -0.414. The average molecular weight is 277 g/mol. The number of hydrogen-bond donors (Lipinski definition) is 1. The fourth-order valence-electron chi connectivity index (χ4n) is 2.18. The van der Waals surface area contributed by atoms with Gasteiger partial charge in [0.2, 0.25) is 5.95 Å². The predicted molar refractivity (Wildman–Crippen MR) is 67.2 cm³/mol. The van der Waals surface area contributed by atoms with Gasteiger partial charge in [0.25, 0.3) is 0 Å². The molecule has 2 aromatic heterocycles. The number of carbonyl (C=O) groups is 1. The van der Waals surface area contributed by atoms with Crippen molar-refractivity contribution in [1.82, 2.24) is 29.5 Å². The lowest BCUT2D eigenvalue weighted by Crippen LogP contribution is -2.17. The highest BCUT2D eigenvalue weighted by molar-refractivity contribution is 5.68. The minimum absolute atomic E-state index is 0.0226. The molecule has 2 N–H and O–H groups in total. The summed E-state index contributed by atoms with van der Waals surface area (Å²) in [6.07, 6.45) is 4.55. The Kier molecular flexibility index (Phi) is 3.32. The molecule has 0 spiro atoms.